The Morgan fingerprint density at radius 2 is 1.62 bits per heavy atom. The predicted molar refractivity (Wildman–Crippen MR) is 119 cm³/mol. The highest BCUT2D eigenvalue weighted by Crippen LogP contribution is 2.35. The quantitative estimate of drug-likeness (QED) is 0.298. The fourth-order valence-corrected chi connectivity index (χ4v) is 3.80. The molecule has 0 amide bonds. The molecule has 8 heteroatoms. The van der Waals surface area contributed by atoms with Gasteiger partial charge in [0.25, 0.3) is 0 Å². The molecule has 0 spiro atoms. The first-order chi connectivity index (χ1) is 15.4. The van der Waals surface area contributed by atoms with Crippen molar-refractivity contribution in [1.82, 2.24) is 4.98 Å². The fraction of sp³-hybridized carbons (Fsp3) is 0.250. The summed E-state index contributed by atoms with van der Waals surface area (Å²) < 4.78 is 36.2. The largest absolute Gasteiger partial charge is 0.457 e. The topological polar surface area (TPSA) is 48.4 Å². The summed E-state index contributed by atoms with van der Waals surface area (Å²) in [6.07, 6.45) is 3.46. The maximum absolute atomic E-state index is 12.9. The van der Waals surface area contributed by atoms with E-state index in [1.807, 2.05) is 30.3 Å². The van der Waals surface area contributed by atoms with Crippen LogP contribution in [0.3, 0.4) is 0 Å². The second-order valence-corrected chi connectivity index (χ2v) is 7.83. The molecule has 0 aliphatic rings. The lowest BCUT2D eigenvalue weighted by atomic mass is 10.0. The minimum Gasteiger partial charge on any atom is -0.457 e. The molecule has 3 aromatic rings. The number of halogens is 4. The van der Waals surface area contributed by atoms with Crippen LogP contribution in [-0.4, -0.2) is 17.6 Å². The summed E-state index contributed by atoms with van der Waals surface area (Å²) in [6, 6.07) is 16.0. The van der Waals surface area contributed by atoms with Gasteiger partial charge in [-0.15, -0.1) is 0 Å². The standard InChI is InChI=1S/C24H21Cl2F2NO3/c25-19-14-29-15-20(26)18(19)13-22(17-10-4-5-11-21(17)32-24(27)28)31-23(30)12-6-9-16-7-2-1-3-8-16/h1-5,7-8,10-11,14-15,22,24H,6,9,12-13H2. The predicted octanol–water partition coefficient (Wildman–Crippen LogP) is 6.84. The van der Waals surface area contributed by atoms with E-state index in [2.05, 4.69) is 9.72 Å². The number of carbonyl (C=O) groups is 1. The van der Waals surface area contributed by atoms with E-state index in [0.717, 1.165) is 5.56 Å². The molecule has 1 aromatic heterocycles. The van der Waals surface area contributed by atoms with Crippen LogP contribution >= 0.6 is 23.2 Å². The minimum absolute atomic E-state index is 0.0776. The van der Waals surface area contributed by atoms with Crippen molar-refractivity contribution in [2.45, 2.75) is 38.4 Å². The zero-order valence-electron chi connectivity index (χ0n) is 17.0. The number of ether oxygens (including phenoxy) is 2. The fourth-order valence-electron chi connectivity index (χ4n) is 3.28. The van der Waals surface area contributed by atoms with Crippen molar-refractivity contribution in [3.8, 4) is 5.75 Å². The van der Waals surface area contributed by atoms with E-state index in [0.29, 0.717) is 24.0 Å². The number of hydrogen-bond acceptors (Lipinski definition) is 4. The van der Waals surface area contributed by atoms with Gasteiger partial charge in [0, 0.05) is 30.8 Å². The molecule has 0 saturated heterocycles. The van der Waals surface area contributed by atoms with Crippen LogP contribution in [-0.2, 0) is 22.4 Å². The molecule has 0 radical (unpaired) electrons. The number of benzene rings is 2. The molecular formula is C24H21Cl2F2NO3. The highest BCUT2D eigenvalue weighted by atomic mass is 35.5. The average molecular weight is 480 g/mol. The van der Waals surface area contributed by atoms with Crippen molar-refractivity contribution in [3.63, 3.8) is 0 Å². The molecule has 2 aromatic carbocycles. The van der Waals surface area contributed by atoms with Gasteiger partial charge < -0.3 is 9.47 Å². The Morgan fingerprint density at radius 1 is 0.969 bits per heavy atom. The highest BCUT2D eigenvalue weighted by Gasteiger charge is 2.24. The van der Waals surface area contributed by atoms with Crippen LogP contribution in [0.2, 0.25) is 10.0 Å². The van der Waals surface area contributed by atoms with Gasteiger partial charge in [0.05, 0.1) is 10.0 Å². The van der Waals surface area contributed by atoms with Gasteiger partial charge in [-0.25, -0.2) is 0 Å². The Balaban J connectivity index is 1.78. The van der Waals surface area contributed by atoms with Crippen molar-refractivity contribution in [2.75, 3.05) is 0 Å². The van der Waals surface area contributed by atoms with E-state index in [1.54, 1.807) is 18.2 Å². The van der Waals surface area contributed by atoms with Gasteiger partial charge in [-0.3, -0.25) is 9.78 Å². The van der Waals surface area contributed by atoms with Gasteiger partial charge in [-0.05, 0) is 30.0 Å². The SMILES string of the molecule is O=C(CCCc1ccccc1)OC(Cc1c(Cl)cncc1Cl)c1ccccc1OC(F)F. The number of nitrogens with zero attached hydrogens (tertiary/aromatic N) is 1. The van der Waals surface area contributed by atoms with Gasteiger partial charge in [0.1, 0.15) is 11.9 Å². The number of aromatic nitrogens is 1. The zero-order valence-corrected chi connectivity index (χ0v) is 18.5. The van der Waals surface area contributed by atoms with Crippen LogP contribution in [0.25, 0.3) is 0 Å². The first-order valence-electron chi connectivity index (χ1n) is 9.99. The Labute approximate surface area is 195 Å². The smallest absolute Gasteiger partial charge is 0.387 e. The minimum atomic E-state index is -3.02. The Morgan fingerprint density at radius 3 is 2.31 bits per heavy atom. The molecule has 168 valence electrons. The van der Waals surface area contributed by atoms with Crippen LogP contribution in [0.5, 0.6) is 5.75 Å². The Kier molecular flexibility index (Phi) is 8.82. The number of esters is 1. The summed E-state index contributed by atoms with van der Waals surface area (Å²) in [5.41, 5.74) is 1.91. The number of carbonyl (C=O) groups excluding carboxylic acids is 1. The first kappa shape index (κ1) is 24.0. The van der Waals surface area contributed by atoms with Crippen molar-refractivity contribution >= 4 is 29.2 Å². The third-order valence-electron chi connectivity index (χ3n) is 4.79. The third-order valence-corrected chi connectivity index (χ3v) is 5.44. The number of rotatable bonds is 10. The monoisotopic (exact) mass is 479 g/mol. The summed E-state index contributed by atoms with van der Waals surface area (Å²) in [5.74, 6) is -0.537. The van der Waals surface area contributed by atoms with Crippen LogP contribution in [0.4, 0.5) is 8.78 Å². The van der Waals surface area contributed by atoms with Crippen LogP contribution < -0.4 is 4.74 Å². The van der Waals surface area contributed by atoms with E-state index >= 15 is 0 Å². The van der Waals surface area contributed by atoms with Crippen molar-refractivity contribution in [2.24, 2.45) is 0 Å². The molecule has 32 heavy (non-hydrogen) atoms. The van der Waals surface area contributed by atoms with Gasteiger partial charge in [-0.2, -0.15) is 8.78 Å². The summed E-state index contributed by atoms with van der Waals surface area (Å²) >= 11 is 12.5. The number of aryl methyl sites for hydroxylation is 1. The molecule has 0 fully saturated rings. The van der Waals surface area contributed by atoms with E-state index in [1.165, 1.54) is 18.5 Å². The van der Waals surface area contributed by atoms with E-state index < -0.39 is 18.7 Å². The normalized spacial score (nSPS) is 11.9. The summed E-state index contributed by atoms with van der Waals surface area (Å²) in [7, 11) is 0. The molecule has 0 bridgehead atoms. The molecule has 0 aliphatic carbocycles. The highest BCUT2D eigenvalue weighted by molar-refractivity contribution is 6.35. The average Bonchev–Trinajstić information content (AvgIpc) is 2.76. The lowest BCUT2D eigenvalue weighted by Gasteiger charge is -2.22. The van der Waals surface area contributed by atoms with E-state index in [9.17, 15) is 13.6 Å². The summed E-state index contributed by atoms with van der Waals surface area (Å²) in [6.45, 7) is -3.02. The molecule has 1 heterocycles. The summed E-state index contributed by atoms with van der Waals surface area (Å²) in [5, 5.41) is 0.574. The lowest BCUT2D eigenvalue weighted by molar-refractivity contribution is -0.149. The van der Waals surface area contributed by atoms with Crippen molar-refractivity contribution in [3.05, 3.63) is 93.7 Å². The zero-order chi connectivity index (χ0) is 22.9. The number of pyridine rings is 1. The molecule has 1 atom stereocenters. The Hall–Kier alpha value is -2.70. The third kappa shape index (κ3) is 6.90. The number of alkyl halides is 2. The molecule has 0 N–H and O–H groups in total. The maximum Gasteiger partial charge on any atom is 0.387 e. The molecule has 0 saturated carbocycles. The first-order valence-corrected chi connectivity index (χ1v) is 10.7. The molecule has 3 rings (SSSR count). The van der Waals surface area contributed by atoms with Gasteiger partial charge in [0.15, 0.2) is 0 Å². The molecular weight excluding hydrogens is 459 g/mol. The molecule has 0 aliphatic heterocycles. The van der Waals surface area contributed by atoms with Crippen LogP contribution in [0.1, 0.15) is 35.6 Å². The second kappa shape index (κ2) is 11.8. The second-order valence-electron chi connectivity index (χ2n) is 7.02. The molecule has 4 nitrogen and oxygen atoms in total. The van der Waals surface area contributed by atoms with Gasteiger partial charge in [0.2, 0.25) is 0 Å². The van der Waals surface area contributed by atoms with E-state index in [-0.39, 0.29) is 28.6 Å². The van der Waals surface area contributed by atoms with Gasteiger partial charge >= 0.3 is 12.6 Å². The number of hydrogen-bond donors (Lipinski definition) is 0. The number of para-hydroxylation sites is 1. The maximum atomic E-state index is 12.9. The Bertz CT molecular complexity index is 1010. The van der Waals surface area contributed by atoms with Crippen molar-refractivity contribution in [1.29, 1.82) is 0 Å². The van der Waals surface area contributed by atoms with Crippen LogP contribution in [0.15, 0.2) is 67.0 Å². The summed E-state index contributed by atoms with van der Waals surface area (Å²) in [4.78, 5) is 16.5. The molecule has 1 unspecified atom stereocenters. The van der Waals surface area contributed by atoms with Crippen molar-refractivity contribution < 1.29 is 23.0 Å². The van der Waals surface area contributed by atoms with Crippen LogP contribution in [0, 0.1) is 0 Å². The lowest BCUT2D eigenvalue weighted by Crippen LogP contribution is -2.16. The van der Waals surface area contributed by atoms with E-state index in [4.69, 9.17) is 27.9 Å². The van der Waals surface area contributed by atoms with Gasteiger partial charge in [-0.1, -0.05) is 71.7 Å².